The number of nitrogens with zero attached hydrogens (tertiary/aromatic N) is 1. The SMILES string of the molecule is CC1CCN(CC(O)COC(C)C)C(C(=O)O)C1. The topological polar surface area (TPSA) is 70.0 Å². The van der Waals surface area contributed by atoms with Crippen molar-refractivity contribution in [3.8, 4) is 0 Å². The predicted octanol–water partition coefficient (Wildman–Crippen LogP) is 0.957. The Labute approximate surface area is 109 Å². The maximum Gasteiger partial charge on any atom is 0.320 e. The van der Waals surface area contributed by atoms with Crippen LogP contribution in [0.5, 0.6) is 0 Å². The average Bonchev–Trinajstić information content (AvgIpc) is 2.28. The number of ether oxygens (including phenoxy) is 1. The van der Waals surface area contributed by atoms with Crippen molar-refractivity contribution in [1.29, 1.82) is 0 Å². The zero-order chi connectivity index (χ0) is 13.7. The Bertz CT molecular complexity index is 270. The lowest BCUT2D eigenvalue weighted by Gasteiger charge is -2.37. The second kappa shape index (κ2) is 7.07. The molecular formula is C13H25NO4. The smallest absolute Gasteiger partial charge is 0.320 e. The molecular weight excluding hydrogens is 234 g/mol. The monoisotopic (exact) mass is 259 g/mol. The van der Waals surface area contributed by atoms with Gasteiger partial charge in [-0.15, -0.1) is 0 Å². The molecule has 18 heavy (non-hydrogen) atoms. The first-order valence-electron chi connectivity index (χ1n) is 6.66. The van der Waals surface area contributed by atoms with E-state index in [1.165, 1.54) is 0 Å². The molecule has 3 unspecified atom stereocenters. The number of aliphatic carboxylic acids is 1. The van der Waals surface area contributed by atoms with Gasteiger partial charge in [0.25, 0.3) is 0 Å². The number of hydrogen-bond donors (Lipinski definition) is 2. The highest BCUT2D eigenvalue weighted by Gasteiger charge is 2.32. The number of likely N-dealkylation sites (tertiary alicyclic amines) is 1. The number of aliphatic hydroxyl groups is 1. The summed E-state index contributed by atoms with van der Waals surface area (Å²) in [5.41, 5.74) is 0. The van der Waals surface area contributed by atoms with Crippen molar-refractivity contribution in [3.05, 3.63) is 0 Å². The van der Waals surface area contributed by atoms with E-state index < -0.39 is 18.1 Å². The van der Waals surface area contributed by atoms with E-state index in [2.05, 4.69) is 6.92 Å². The summed E-state index contributed by atoms with van der Waals surface area (Å²) < 4.78 is 5.34. The van der Waals surface area contributed by atoms with Crippen molar-refractivity contribution >= 4 is 5.97 Å². The van der Waals surface area contributed by atoms with Gasteiger partial charge in [-0.1, -0.05) is 6.92 Å². The lowest BCUT2D eigenvalue weighted by molar-refractivity contribution is -0.146. The zero-order valence-corrected chi connectivity index (χ0v) is 11.5. The number of aliphatic hydroxyl groups excluding tert-OH is 1. The van der Waals surface area contributed by atoms with Crippen LogP contribution in [-0.4, -0.2) is 59.0 Å². The van der Waals surface area contributed by atoms with Gasteiger partial charge in [0.15, 0.2) is 0 Å². The Morgan fingerprint density at radius 3 is 2.72 bits per heavy atom. The summed E-state index contributed by atoms with van der Waals surface area (Å²) in [7, 11) is 0. The van der Waals surface area contributed by atoms with Crippen LogP contribution in [0.1, 0.15) is 33.6 Å². The molecule has 1 fully saturated rings. The molecule has 0 aromatic carbocycles. The molecule has 0 aromatic heterocycles. The molecule has 0 aliphatic carbocycles. The molecule has 0 spiro atoms. The van der Waals surface area contributed by atoms with Crippen LogP contribution >= 0.6 is 0 Å². The fourth-order valence-corrected chi connectivity index (χ4v) is 2.29. The molecule has 3 atom stereocenters. The Balaban J connectivity index is 2.45. The number of hydrogen-bond acceptors (Lipinski definition) is 4. The van der Waals surface area contributed by atoms with Crippen LogP contribution in [-0.2, 0) is 9.53 Å². The van der Waals surface area contributed by atoms with Gasteiger partial charge in [0.05, 0.1) is 18.8 Å². The first-order chi connectivity index (χ1) is 8.40. The molecule has 0 aromatic rings. The maximum absolute atomic E-state index is 11.2. The van der Waals surface area contributed by atoms with Crippen molar-refractivity contribution < 1.29 is 19.7 Å². The summed E-state index contributed by atoms with van der Waals surface area (Å²) >= 11 is 0. The standard InChI is InChI=1S/C13H25NO4/c1-9(2)18-8-11(15)7-14-5-4-10(3)6-12(14)13(16)17/h9-12,15H,4-8H2,1-3H3,(H,16,17). The Hall–Kier alpha value is -0.650. The van der Waals surface area contributed by atoms with Gasteiger partial charge in [0.2, 0.25) is 0 Å². The predicted molar refractivity (Wildman–Crippen MR) is 68.5 cm³/mol. The van der Waals surface area contributed by atoms with Crippen LogP contribution in [0.3, 0.4) is 0 Å². The van der Waals surface area contributed by atoms with E-state index in [1.807, 2.05) is 18.7 Å². The highest BCUT2D eigenvalue weighted by atomic mass is 16.5. The van der Waals surface area contributed by atoms with E-state index in [0.717, 1.165) is 13.0 Å². The summed E-state index contributed by atoms with van der Waals surface area (Å²) in [4.78, 5) is 13.1. The molecule has 1 rings (SSSR count). The third kappa shape index (κ3) is 4.92. The second-order valence-corrected chi connectivity index (χ2v) is 5.51. The van der Waals surface area contributed by atoms with Crippen LogP contribution in [0, 0.1) is 5.92 Å². The van der Waals surface area contributed by atoms with Crippen LogP contribution in [0.2, 0.25) is 0 Å². The van der Waals surface area contributed by atoms with E-state index in [0.29, 0.717) is 18.9 Å². The summed E-state index contributed by atoms with van der Waals surface area (Å²) in [5, 5.41) is 19.1. The maximum atomic E-state index is 11.2. The molecule has 0 bridgehead atoms. The molecule has 1 heterocycles. The molecule has 1 aliphatic heterocycles. The van der Waals surface area contributed by atoms with Crippen LogP contribution in [0.15, 0.2) is 0 Å². The van der Waals surface area contributed by atoms with Gasteiger partial charge >= 0.3 is 5.97 Å². The molecule has 106 valence electrons. The highest BCUT2D eigenvalue weighted by molar-refractivity contribution is 5.73. The van der Waals surface area contributed by atoms with Gasteiger partial charge in [-0.25, -0.2) is 0 Å². The van der Waals surface area contributed by atoms with E-state index >= 15 is 0 Å². The average molecular weight is 259 g/mol. The molecule has 0 saturated carbocycles. The molecule has 5 nitrogen and oxygen atoms in total. The number of β-amino-alcohol motifs (C(OH)–C–C–N with tert-alkyl or cyclic N) is 1. The third-order valence-corrected chi connectivity index (χ3v) is 3.33. The van der Waals surface area contributed by atoms with Crippen molar-refractivity contribution in [3.63, 3.8) is 0 Å². The molecule has 5 heteroatoms. The zero-order valence-electron chi connectivity index (χ0n) is 11.5. The summed E-state index contributed by atoms with van der Waals surface area (Å²) in [6, 6.07) is -0.470. The number of carboxylic acids is 1. The normalized spacial score (nSPS) is 27.4. The Morgan fingerprint density at radius 2 is 2.17 bits per heavy atom. The van der Waals surface area contributed by atoms with E-state index in [-0.39, 0.29) is 12.7 Å². The van der Waals surface area contributed by atoms with Gasteiger partial charge in [-0.3, -0.25) is 9.69 Å². The summed E-state index contributed by atoms with van der Waals surface area (Å²) in [5.74, 6) is -0.357. The first-order valence-corrected chi connectivity index (χ1v) is 6.66. The third-order valence-electron chi connectivity index (χ3n) is 3.33. The van der Waals surface area contributed by atoms with E-state index in [9.17, 15) is 15.0 Å². The molecule has 2 N–H and O–H groups in total. The number of carboxylic acid groups (broad SMARTS) is 1. The fourth-order valence-electron chi connectivity index (χ4n) is 2.29. The Kier molecular flexibility index (Phi) is 6.05. The highest BCUT2D eigenvalue weighted by Crippen LogP contribution is 2.22. The van der Waals surface area contributed by atoms with Crippen molar-refractivity contribution in [1.82, 2.24) is 4.90 Å². The minimum absolute atomic E-state index is 0.0799. The molecule has 0 radical (unpaired) electrons. The molecule has 0 amide bonds. The summed E-state index contributed by atoms with van der Waals surface area (Å²) in [6.45, 7) is 7.26. The van der Waals surface area contributed by atoms with Crippen molar-refractivity contribution in [2.24, 2.45) is 5.92 Å². The van der Waals surface area contributed by atoms with Crippen LogP contribution < -0.4 is 0 Å². The van der Waals surface area contributed by atoms with Crippen LogP contribution in [0.25, 0.3) is 0 Å². The lowest BCUT2D eigenvalue weighted by Crippen LogP contribution is -2.50. The lowest BCUT2D eigenvalue weighted by atomic mass is 9.92. The van der Waals surface area contributed by atoms with Gasteiger partial charge in [-0.2, -0.15) is 0 Å². The second-order valence-electron chi connectivity index (χ2n) is 5.51. The first kappa shape index (κ1) is 15.4. The minimum Gasteiger partial charge on any atom is -0.480 e. The fraction of sp³-hybridized carbons (Fsp3) is 0.923. The van der Waals surface area contributed by atoms with E-state index in [1.54, 1.807) is 0 Å². The Morgan fingerprint density at radius 1 is 1.50 bits per heavy atom. The number of piperidine rings is 1. The van der Waals surface area contributed by atoms with Gasteiger partial charge in [0.1, 0.15) is 6.04 Å². The quantitative estimate of drug-likeness (QED) is 0.743. The largest absolute Gasteiger partial charge is 0.480 e. The molecule has 1 aliphatic rings. The van der Waals surface area contributed by atoms with Gasteiger partial charge in [0, 0.05) is 6.54 Å². The number of carbonyl (C=O) groups is 1. The van der Waals surface area contributed by atoms with Crippen molar-refractivity contribution in [2.45, 2.75) is 51.9 Å². The van der Waals surface area contributed by atoms with Gasteiger partial charge < -0.3 is 14.9 Å². The van der Waals surface area contributed by atoms with Gasteiger partial charge in [-0.05, 0) is 39.2 Å². The summed E-state index contributed by atoms with van der Waals surface area (Å²) in [6.07, 6.45) is 1.10. The van der Waals surface area contributed by atoms with Crippen LogP contribution in [0.4, 0.5) is 0 Å². The molecule has 1 saturated heterocycles. The van der Waals surface area contributed by atoms with Crippen molar-refractivity contribution in [2.75, 3.05) is 19.7 Å². The van der Waals surface area contributed by atoms with E-state index in [4.69, 9.17) is 4.74 Å². The minimum atomic E-state index is -0.793. The number of rotatable bonds is 6.